The second kappa shape index (κ2) is 6.24. The van der Waals surface area contributed by atoms with Crippen LogP contribution in [-0.4, -0.2) is 20.8 Å². The second-order valence-corrected chi connectivity index (χ2v) is 9.28. The summed E-state index contributed by atoms with van der Waals surface area (Å²) in [7, 11) is 1.94. The molecule has 0 saturated heterocycles. The molecule has 0 unspecified atom stereocenters. The second-order valence-electron chi connectivity index (χ2n) is 5.59. The Morgan fingerprint density at radius 3 is 2.60 bits per heavy atom. The molecule has 6 heteroatoms. The van der Waals surface area contributed by atoms with Gasteiger partial charge in [0.1, 0.15) is 5.75 Å². The van der Waals surface area contributed by atoms with Crippen LogP contribution in [-0.2, 0) is 9.05 Å². The molecule has 1 fully saturated rings. The molecule has 0 aliphatic heterocycles. The summed E-state index contributed by atoms with van der Waals surface area (Å²) in [6, 6.07) is 5.84. The van der Waals surface area contributed by atoms with E-state index in [-0.39, 0.29) is 11.2 Å². The standard InChI is InChI=1S/C14H18BrClO3S/c1-11-4-5-12(15)8-13(11)19-9-14(6-2-3-7-14)10-20(16,17)18/h4-5,8H,2-3,6-7,9-10H2,1H3. The molecule has 0 radical (unpaired) electrons. The molecule has 112 valence electrons. The van der Waals surface area contributed by atoms with Crippen LogP contribution in [0.4, 0.5) is 0 Å². The summed E-state index contributed by atoms with van der Waals surface area (Å²) in [6.07, 6.45) is 3.78. The van der Waals surface area contributed by atoms with E-state index >= 15 is 0 Å². The van der Waals surface area contributed by atoms with Gasteiger partial charge in [0.15, 0.2) is 0 Å². The predicted molar refractivity (Wildman–Crippen MR) is 84.9 cm³/mol. The molecule has 1 aliphatic rings. The smallest absolute Gasteiger partial charge is 0.233 e. The van der Waals surface area contributed by atoms with Gasteiger partial charge in [0.2, 0.25) is 9.05 Å². The van der Waals surface area contributed by atoms with E-state index in [1.807, 2.05) is 25.1 Å². The van der Waals surface area contributed by atoms with Gasteiger partial charge in [0.25, 0.3) is 0 Å². The van der Waals surface area contributed by atoms with E-state index in [1.165, 1.54) is 0 Å². The Morgan fingerprint density at radius 2 is 2.00 bits per heavy atom. The lowest BCUT2D eigenvalue weighted by Crippen LogP contribution is -2.32. The minimum absolute atomic E-state index is 0.00535. The van der Waals surface area contributed by atoms with E-state index in [4.69, 9.17) is 15.4 Å². The van der Waals surface area contributed by atoms with Crippen molar-refractivity contribution in [3.63, 3.8) is 0 Å². The molecule has 3 nitrogen and oxygen atoms in total. The normalized spacial score (nSPS) is 18.1. The molecule has 0 spiro atoms. The maximum absolute atomic E-state index is 11.4. The van der Waals surface area contributed by atoms with Crippen LogP contribution in [0.3, 0.4) is 0 Å². The number of aryl methyl sites for hydroxylation is 1. The minimum atomic E-state index is -3.51. The summed E-state index contributed by atoms with van der Waals surface area (Å²) in [6.45, 7) is 2.37. The lowest BCUT2D eigenvalue weighted by molar-refractivity contribution is 0.170. The van der Waals surface area contributed by atoms with Crippen LogP contribution in [0, 0.1) is 12.3 Å². The van der Waals surface area contributed by atoms with Gasteiger partial charge in [-0.1, -0.05) is 34.8 Å². The molecule has 20 heavy (non-hydrogen) atoms. The Kier molecular flexibility index (Phi) is 5.03. The Hall–Kier alpha value is -0.260. The SMILES string of the molecule is Cc1ccc(Br)cc1OCC1(CS(=O)(=O)Cl)CCCC1. The van der Waals surface area contributed by atoms with Crippen LogP contribution in [0.5, 0.6) is 5.75 Å². The van der Waals surface area contributed by atoms with Gasteiger partial charge >= 0.3 is 0 Å². The first-order valence-corrected chi connectivity index (χ1v) is 9.88. The zero-order chi connectivity index (χ0) is 14.8. The minimum Gasteiger partial charge on any atom is -0.493 e. The number of hydrogen-bond acceptors (Lipinski definition) is 3. The average molecular weight is 382 g/mol. The van der Waals surface area contributed by atoms with Gasteiger partial charge < -0.3 is 4.74 Å². The van der Waals surface area contributed by atoms with Crippen molar-refractivity contribution >= 4 is 35.7 Å². The number of halogens is 2. The zero-order valence-corrected chi connectivity index (χ0v) is 14.5. The van der Waals surface area contributed by atoms with Crippen LogP contribution in [0.1, 0.15) is 31.2 Å². The van der Waals surface area contributed by atoms with E-state index in [1.54, 1.807) is 0 Å². The summed E-state index contributed by atoms with van der Waals surface area (Å²) in [5.74, 6) is 0.784. The fourth-order valence-electron chi connectivity index (χ4n) is 2.78. The summed E-state index contributed by atoms with van der Waals surface area (Å²) in [5, 5.41) is 0. The first kappa shape index (κ1) is 16.1. The van der Waals surface area contributed by atoms with Crippen molar-refractivity contribution in [3.8, 4) is 5.75 Å². The molecule has 1 saturated carbocycles. The Balaban J connectivity index is 2.11. The van der Waals surface area contributed by atoms with Crippen LogP contribution >= 0.6 is 26.6 Å². The summed E-state index contributed by atoms with van der Waals surface area (Å²) < 4.78 is 29.7. The number of hydrogen-bond donors (Lipinski definition) is 0. The molecular weight excluding hydrogens is 364 g/mol. The van der Waals surface area contributed by atoms with Gasteiger partial charge in [0.05, 0.1) is 12.4 Å². The zero-order valence-electron chi connectivity index (χ0n) is 11.4. The molecule has 2 rings (SSSR count). The lowest BCUT2D eigenvalue weighted by atomic mass is 9.90. The highest BCUT2D eigenvalue weighted by Crippen LogP contribution is 2.40. The lowest BCUT2D eigenvalue weighted by Gasteiger charge is -2.27. The van der Waals surface area contributed by atoms with Crippen LogP contribution in [0.2, 0.25) is 0 Å². The largest absolute Gasteiger partial charge is 0.493 e. The van der Waals surface area contributed by atoms with Gasteiger partial charge in [-0.05, 0) is 37.5 Å². The van der Waals surface area contributed by atoms with Gasteiger partial charge in [-0.3, -0.25) is 0 Å². The fraction of sp³-hybridized carbons (Fsp3) is 0.571. The van der Waals surface area contributed by atoms with Crippen molar-refractivity contribution in [1.29, 1.82) is 0 Å². The molecule has 1 aromatic rings. The Bertz CT molecular complexity index is 580. The van der Waals surface area contributed by atoms with Gasteiger partial charge in [-0.25, -0.2) is 8.42 Å². The monoisotopic (exact) mass is 380 g/mol. The van der Waals surface area contributed by atoms with Crippen LogP contribution < -0.4 is 4.74 Å². The van der Waals surface area contributed by atoms with E-state index in [0.717, 1.165) is 41.5 Å². The quantitative estimate of drug-likeness (QED) is 0.716. The highest BCUT2D eigenvalue weighted by molar-refractivity contribution is 9.10. The van der Waals surface area contributed by atoms with Crippen LogP contribution in [0.25, 0.3) is 0 Å². The van der Waals surface area contributed by atoms with E-state index in [0.29, 0.717) is 6.61 Å². The van der Waals surface area contributed by atoms with Crippen LogP contribution in [0.15, 0.2) is 22.7 Å². The number of ether oxygens (including phenoxy) is 1. The molecule has 0 bridgehead atoms. The third-order valence-electron chi connectivity index (χ3n) is 3.83. The van der Waals surface area contributed by atoms with E-state index < -0.39 is 9.05 Å². The molecule has 0 amide bonds. The van der Waals surface area contributed by atoms with Crippen molar-refractivity contribution in [2.45, 2.75) is 32.6 Å². The predicted octanol–water partition coefficient (Wildman–Crippen LogP) is 4.27. The van der Waals surface area contributed by atoms with Gasteiger partial charge in [-0.15, -0.1) is 0 Å². The Morgan fingerprint density at radius 1 is 1.35 bits per heavy atom. The molecule has 1 aliphatic carbocycles. The maximum atomic E-state index is 11.4. The van der Waals surface area contributed by atoms with Gasteiger partial charge in [0, 0.05) is 20.6 Å². The fourth-order valence-corrected chi connectivity index (χ4v) is 4.92. The molecule has 0 aromatic heterocycles. The van der Waals surface area contributed by atoms with Crippen molar-refractivity contribution in [1.82, 2.24) is 0 Å². The molecule has 0 atom stereocenters. The molecular formula is C14H18BrClO3S. The van der Waals surface area contributed by atoms with E-state index in [9.17, 15) is 8.42 Å². The number of rotatable bonds is 5. The average Bonchev–Trinajstić information content (AvgIpc) is 2.77. The summed E-state index contributed by atoms with van der Waals surface area (Å²) >= 11 is 3.42. The Labute approximate surface area is 133 Å². The molecule has 1 aromatic carbocycles. The molecule has 0 N–H and O–H groups in total. The molecule has 0 heterocycles. The van der Waals surface area contributed by atoms with Gasteiger partial charge in [-0.2, -0.15) is 0 Å². The van der Waals surface area contributed by atoms with E-state index in [2.05, 4.69) is 15.9 Å². The first-order chi connectivity index (χ1) is 9.30. The number of benzene rings is 1. The first-order valence-electron chi connectivity index (χ1n) is 6.61. The highest BCUT2D eigenvalue weighted by Gasteiger charge is 2.38. The topological polar surface area (TPSA) is 43.4 Å². The van der Waals surface area contributed by atoms with Crippen molar-refractivity contribution in [2.24, 2.45) is 5.41 Å². The highest BCUT2D eigenvalue weighted by atomic mass is 79.9. The van der Waals surface area contributed by atoms with Crippen molar-refractivity contribution in [3.05, 3.63) is 28.2 Å². The third kappa shape index (κ3) is 4.37. The maximum Gasteiger partial charge on any atom is 0.233 e. The van der Waals surface area contributed by atoms with Crippen molar-refractivity contribution in [2.75, 3.05) is 12.4 Å². The summed E-state index contributed by atoms with van der Waals surface area (Å²) in [4.78, 5) is 0. The summed E-state index contributed by atoms with van der Waals surface area (Å²) in [5.41, 5.74) is 0.699. The third-order valence-corrected chi connectivity index (χ3v) is 5.60. The van der Waals surface area contributed by atoms with Crippen molar-refractivity contribution < 1.29 is 13.2 Å².